The molecule has 1 aliphatic carbocycles. The fourth-order valence-corrected chi connectivity index (χ4v) is 1.24. The van der Waals surface area contributed by atoms with Gasteiger partial charge in [-0.25, -0.2) is 0 Å². The van der Waals surface area contributed by atoms with Crippen LogP contribution >= 0.6 is 0 Å². The van der Waals surface area contributed by atoms with Crippen molar-refractivity contribution in [1.82, 2.24) is 0 Å². The molecule has 0 aromatic rings. The van der Waals surface area contributed by atoms with E-state index in [0.717, 1.165) is 0 Å². The molecule has 0 nitrogen and oxygen atoms in total. The fourth-order valence-electron chi connectivity index (χ4n) is 1.24. The van der Waals surface area contributed by atoms with Crippen LogP contribution in [0, 0.1) is 0 Å². The second-order valence-corrected chi connectivity index (χ2v) is 3.96. The molecule has 0 heterocycles. The van der Waals surface area contributed by atoms with Crippen LogP contribution in [0.1, 0.15) is 44.9 Å². The van der Waals surface area contributed by atoms with Crippen molar-refractivity contribution in [3.63, 3.8) is 0 Å². The zero-order valence-electron chi connectivity index (χ0n) is 11.2. The molecule has 1 aliphatic rings. The van der Waals surface area contributed by atoms with Gasteiger partial charge in [-0.15, -0.1) is 0 Å². The Balaban J connectivity index is -0.000000105. The molecule has 16 heteroatoms. The Bertz CT molecular complexity index is 174. The van der Waals surface area contributed by atoms with Crippen molar-refractivity contribution in [2.75, 3.05) is 0 Å². The van der Waals surface area contributed by atoms with E-state index in [0.29, 0.717) is 0 Å². The minimum absolute atomic E-state index is 0. The summed E-state index contributed by atoms with van der Waals surface area (Å²) in [5, 5.41) is 0. The Hall–Kier alpha value is 0.991. The summed E-state index contributed by atoms with van der Waals surface area (Å²) in [5.41, 5.74) is 0. The molecule has 0 radical (unpaired) electrons. The van der Waals surface area contributed by atoms with Gasteiger partial charge in [-0.3, -0.25) is 0 Å². The van der Waals surface area contributed by atoms with Crippen molar-refractivity contribution < 1.29 is 51.8 Å². The van der Waals surface area contributed by atoms with Crippen molar-refractivity contribution in [3.8, 4) is 0 Å². The zero-order chi connectivity index (χ0) is 18.4. The maximum absolute atomic E-state index is 9.75. The summed E-state index contributed by atoms with van der Waals surface area (Å²) in [6, 6.07) is 0. The first kappa shape index (κ1) is 31.7. The Labute approximate surface area is 168 Å². The first-order valence-electron chi connectivity index (χ1n) is 6.12. The van der Waals surface area contributed by atoms with E-state index in [1.54, 1.807) is 0 Å². The van der Waals surface area contributed by atoms with Crippen molar-refractivity contribution in [3.05, 3.63) is 0 Å². The molecule has 0 spiro atoms. The van der Waals surface area contributed by atoms with Crippen molar-refractivity contribution >= 4 is 73.1 Å². The van der Waals surface area contributed by atoms with E-state index >= 15 is 0 Å². The van der Waals surface area contributed by atoms with Crippen LogP contribution in [0.3, 0.4) is 0 Å². The fraction of sp³-hybridized carbons (Fsp3) is 1.00. The molecule has 0 N–H and O–H groups in total. The van der Waals surface area contributed by atoms with Crippen LogP contribution in [0.25, 0.3) is 0 Å². The van der Waals surface area contributed by atoms with Gasteiger partial charge in [-0.1, -0.05) is 44.9 Å². The molecule has 0 amide bonds. The maximum atomic E-state index is 9.75. The summed E-state index contributed by atoms with van der Waals surface area (Å²) in [6.45, 7) is 0. The molecule has 1 saturated carbocycles. The standard InChI is InChI=1S/C7H14.3BF4.K.H/c1-2-4-6-7-5-3-1;3*2-1(3,4)5;;/h1-7H2;;;;;/q;3*-1;;. The van der Waals surface area contributed by atoms with E-state index in [9.17, 15) is 51.8 Å². The van der Waals surface area contributed by atoms with Gasteiger partial charge in [0.25, 0.3) is 0 Å². The summed E-state index contributed by atoms with van der Waals surface area (Å²) < 4.78 is 117. The summed E-state index contributed by atoms with van der Waals surface area (Å²) in [7, 11) is -18.0. The summed E-state index contributed by atoms with van der Waals surface area (Å²) in [6.07, 6.45) is 10.5. The molecule has 0 aliphatic heterocycles. The van der Waals surface area contributed by atoms with E-state index in [4.69, 9.17) is 0 Å². The van der Waals surface area contributed by atoms with Crippen LogP contribution in [0.2, 0.25) is 0 Å². The summed E-state index contributed by atoms with van der Waals surface area (Å²) >= 11 is 0. The molecule has 0 bridgehead atoms. The second-order valence-electron chi connectivity index (χ2n) is 3.96. The first-order chi connectivity index (χ1) is 9.50. The molecule has 0 atom stereocenters. The molecule has 140 valence electrons. The molecular formula is C7H15B3F12K-3. The minimum atomic E-state index is -6.00. The number of hydrogen-bond donors (Lipinski definition) is 0. The van der Waals surface area contributed by atoms with E-state index in [1.165, 1.54) is 44.9 Å². The van der Waals surface area contributed by atoms with Gasteiger partial charge in [0, 0.05) is 0 Å². The molecule has 0 aromatic heterocycles. The molecule has 0 aromatic carbocycles. The van der Waals surface area contributed by atoms with E-state index < -0.39 is 21.8 Å². The van der Waals surface area contributed by atoms with Gasteiger partial charge in [0.2, 0.25) is 0 Å². The third-order valence-electron chi connectivity index (χ3n) is 1.75. The Morgan fingerprint density at radius 2 is 0.348 bits per heavy atom. The van der Waals surface area contributed by atoms with Crippen LogP contribution in [0.5, 0.6) is 0 Å². The van der Waals surface area contributed by atoms with E-state index in [-0.39, 0.29) is 51.4 Å². The molecule has 23 heavy (non-hydrogen) atoms. The van der Waals surface area contributed by atoms with Crippen molar-refractivity contribution in [2.45, 2.75) is 44.9 Å². The average molecular weight is 399 g/mol. The molecule has 1 rings (SSSR count). The first-order valence-corrected chi connectivity index (χ1v) is 6.12. The van der Waals surface area contributed by atoms with Gasteiger partial charge >= 0.3 is 73.1 Å². The average Bonchev–Trinajstić information content (AvgIpc) is 2.38. The molecule has 0 unspecified atom stereocenters. The summed E-state index contributed by atoms with van der Waals surface area (Å²) in [5.74, 6) is 0. The van der Waals surface area contributed by atoms with Gasteiger partial charge in [-0.05, 0) is 0 Å². The third kappa shape index (κ3) is 159. The van der Waals surface area contributed by atoms with E-state index in [2.05, 4.69) is 0 Å². The number of rotatable bonds is 0. The van der Waals surface area contributed by atoms with Crippen LogP contribution in [0.15, 0.2) is 0 Å². The number of halogens is 12. The van der Waals surface area contributed by atoms with Crippen LogP contribution in [-0.4, -0.2) is 73.1 Å². The van der Waals surface area contributed by atoms with Crippen LogP contribution < -0.4 is 0 Å². The van der Waals surface area contributed by atoms with Gasteiger partial charge in [0.05, 0.1) is 0 Å². The summed E-state index contributed by atoms with van der Waals surface area (Å²) in [4.78, 5) is 0. The topological polar surface area (TPSA) is 0 Å². The third-order valence-corrected chi connectivity index (χ3v) is 1.75. The Morgan fingerprint density at radius 3 is 0.391 bits per heavy atom. The van der Waals surface area contributed by atoms with Crippen LogP contribution in [0.4, 0.5) is 51.8 Å². The predicted molar refractivity (Wildman–Crippen MR) is 70.0 cm³/mol. The quantitative estimate of drug-likeness (QED) is 0.267. The van der Waals surface area contributed by atoms with Crippen molar-refractivity contribution in [1.29, 1.82) is 0 Å². The van der Waals surface area contributed by atoms with Gasteiger partial charge in [-0.2, -0.15) is 0 Å². The normalized spacial score (nSPS) is 15.1. The molecule has 1 fully saturated rings. The van der Waals surface area contributed by atoms with Crippen LogP contribution in [-0.2, 0) is 0 Å². The SMILES string of the molecule is C1CCCCCC1.F[B-](F)(F)F.F[B-](F)(F)F.F[B-](F)(F)F.[KH]. The predicted octanol–water partition coefficient (Wildman–Crippen LogP) is 5.98. The number of hydrogen-bond acceptors (Lipinski definition) is 0. The Kier molecular flexibility index (Phi) is 22.7. The van der Waals surface area contributed by atoms with Crippen molar-refractivity contribution in [2.24, 2.45) is 0 Å². The Morgan fingerprint density at radius 1 is 0.304 bits per heavy atom. The van der Waals surface area contributed by atoms with E-state index in [1.807, 2.05) is 0 Å². The second kappa shape index (κ2) is 16.5. The van der Waals surface area contributed by atoms with Gasteiger partial charge in [0.15, 0.2) is 0 Å². The molecule has 0 saturated heterocycles. The van der Waals surface area contributed by atoms with Gasteiger partial charge < -0.3 is 51.8 Å². The van der Waals surface area contributed by atoms with Gasteiger partial charge in [0.1, 0.15) is 0 Å². The monoisotopic (exact) mass is 399 g/mol. The molecular weight excluding hydrogens is 384 g/mol. The zero-order valence-corrected chi connectivity index (χ0v) is 11.2.